The summed E-state index contributed by atoms with van der Waals surface area (Å²) >= 11 is 0. The average molecular weight is 527 g/mol. The summed E-state index contributed by atoms with van der Waals surface area (Å²) in [7, 11) is 0. The molecule has 0 heterocycles. The number of hydrogen-bond donors (Lipinski definition) is 1. The van der Waals surface area contributed by atoms with Crippen molar-refractivity contribution in [2.24, 2.45) is 0 Å². The van der Waals surface area contributed by atoms with Crippen molar-refractivity contribution in [3.05, 3.63) is 0 Å². The number of aliphatic hydroxyl groups is 1. The lowest BCUT2D eigenvalue weighted by atomic mass is 10.0. The van der Waals surface area contributed by atoms with Gasteiger partial charge in [-0.2, -0.15) is 0 Å². The predicted molar refractivity (Wildman–Crippen MR) is 159 cm³/mol. The van der Waals surface area contributed by atoms with E-state index in [0.717, 1.165) is 19.3 Å². The highest BCUT2D eigenvalue weighted by molar-refractivity contribution is 5.69. The zero-order valence-corrected chi connectivity index (χ0v) is 25.3. The Kier molecular flexibility index (Phi) is 31.1. The van der Waals surface area contributed by atoms with Crippen molar-refractivity contribution in [2.45, 2.75) is 187 Å². The molecule has 1 atom stereocenters. The van der Waals surface area contributed by atoms with Crippen LogP contribution >= 0.6 is 0 Å². The Balaban J connectivity index is 3.40. The topological polar surface area (TPSA) is 55.8 Å². The minimum absolute atomic E-state index is 0.164. The number of esters is 1. The van der Waals surface area contributed by atoms with Gasteiger partial charge in [0.2, 0.25) is 0 Å². The van der Waals surface area contributed by atoms with E-state index >= 15 is 0 Å². The fraction of sp³-hybridized carbons (Fsp3) is 0.970. The third-order valence-electron chi connectivity index (χ3n) is 7.43. The molecule has 0 aromatic carbocycles. The average Bonchev–Trinajstić information content (AvgIpc) is 2.90. The first-order valence-electron chi connectivity index (χ1n) is 16.6. The van der Waals surface area contributed by atoms with Crippen molar-refractivity contribution >= 4 is 5.97 Å². The summed E-state index contributed by atoms with van der Waals surface area (Å²) in [5.41, 5.74) is 0. The van der Waals surface area contributed by atoms with E-state index in [9.17, 15) is 9.90 Å². The van der Waals surface area contributed by atoms with Crippen molar-refractivity contribution in [2.75, 3.05) is 19.8 Å². The highest BCUT2D eigenvalue weighted by Gasteiger charge is 2.13. The predicted octanol–water partition coefficient (Wildman–Crippen LogP) is 10.1. The van der Waals surface area contributed by atoms with E-state index in [1.165, 1.54) is 141 Å². The molecule has 0 amide bonds. The van der Waals surface area contributed by atoms with E-state index in [-0.39, 0.29) is 12.6 Å². The Morgan fingerprint density at radius 1 is 0.541 bits per heavy atom. The lowest BCUT2D eigenvalue weighted by Crippen LogP contribution is -2.27. The molecule has 4 heteroatoms. The van der Waals surface area contributed by atoms with Gasteiger partial charge in [-0.15, -0.1) is 0 Å². The second-order valence-corrected chi connectivity index (χ2v) is 11.3. The van der Waals surface area contributed by atoms with E-state index in [4.69, 9.17) is 9.47 Å². The zero-order valence-electron chi connectivity index (χ0n) is 25.3. The van der Waals surface area contributed by atoms with Crippen LogP contribution in [0.25, 0.3) is 0 Å². The van der Waals surface area contributed by atoms with Crippen molar-refractivity contribution < 1.29 is 19.4 Å². The molecule has 0 aromatic heterocycles. The van der Waals surface area contributed by atoms with Crippen molar-refractivity contribution in [1.29, 1.82) is 0 Å². The SMILES string of the molecule is CCCCCCCCCCCCCCCC(=O)OC(CO)COCCCCCCCCCCCCCC. The highest BCUT2D eigenvalue weighted by Crippen LogP contribution is 2.14. The molecule has 1 unspecified atom stereocenters. The zero-order chi connectivity index (χ0) is 27.1. The minimum atomic E-state index is -0.521. The first-order chi connectivity index (χ1) is 18.2. The Hall–Kier alpha value is -0.610. The van der Waals surface area contributed by atoms with E-state index in [1.807, 2.05) is 0 Å². The third-order valence-corrected chi connectivity index (χ3v) is 7.43. The normalized spacial score (nSPS) is 12.2. The second-order valence-electron chi connectivity index (χ2n) is 11.3. The van der Waals surface area contributed by atoms with Gasteiger partial charge in [-0.3, -0.25) is 4.79 Å². The number of aliphatic hydroxyl groups excluding tert-OH is 1. The van der Waals surface area contributed by atoms with Crippen molar-refractivity contribution in [1.82, 2.24) is 0 Å². The summed E-state index contributed by atoms with van der Waals surface area (Å²) in [4.78, 5) is 12.1. The molecule has 0 aliphatic heterocycles. The van der Waals surface area contributed by atoms with Crippen LogP contribution in [-0.2, 0) is 14.3 Å². The van der Waals surface area contributed by atoms with Crippen LogP contribution in [0.5, 0.6) is 0 Å². The van der Waals surface area contributed by atoms with Crippen LogP contribution in [0, 0.1) is 0 Å². The first kappa shape index (κ1) is 36.4. The molecule has 0 aliphatic carbocycles. The fourth-order valence-corrected chi connectivity index (χ4v) is 4.92. The smallest absolute Gasteiger partial charge is 0.306 e. The molecule has 0 fully saturated rings. The summed E-state index contributed by atoms with van der Waals surface area (Å²) in [5.74, 6) is -0.198. The van der Waals surface area contributed by atoms with Gasteiger partial charge in [0.05, 0.1) is 13.2 Å². The van der Waals surface area contributed by atoms with Crippen LogP contribution < -0.4 is 0 Å². The van der Waals surface area contributed by atoms with Crippen LogP contribution in [0.1, 0.15) is 181 Å². The van der Waals surface area contributed by atoms with Crippen LogP contribution in [0.3, 0.4) is 0 Å². The van der Waals surface area contributed by atoms with Gasteiger partial charge in [-0.25, -0.2) is 0 Å². The van der Waals surface area contributed by atoms with Gasteiger partial charge in [0.1, 0.15) is 6.10 Å². The molecular weight excluding hydrogens is 460 g/mol. The number of hydrogen-bond acceptors (Lipinski definition) is 4. The van der Waals surface area contributed by atoms with E-state index < -0.39 is 6.10 Å². The van der Waals surface area contributed by atoms with Gasteiger partial charge in [-0.1, -0.05) is 162 Å². The molecule has 0 saturated heterocycles. The molecule has 37 heavy (non-hydrogen) atoms. The third kappa shape index (κ3) is 29.8. The lowest BCUT2D eigenvalue weighted by molar-refractivity contribution is -0.154. The first-order valence-corrected chi connectivity index (χ1v) is 16.6. The van der Waals surface area contributed by atoms with Gasteiger partial charge in [-0.05, 0) is 12.8 Å². The standard InChI is InChI=1S/C33H66O4/c1-3-5-7-9-11-13-15-17-18-20-22-24-26-28-33(35)37-32(30-34)31-36-29-27-25-23-21-19-16-14-12-10-8-6-4-2/h32,34H,3-31H2,1-2H3. The summed E-state index contributed by atoms with van der Waals surface area (Å²) in [5, 5.41) is 9.51. The van der Waals surface area contributed by atoms with Crippen LogP contribution in [0.2, 0.25) is 0 Å². The molecule has 0 aliphatic rings. The lowest BCUT2D eigenvalue weighted by Gasteiger charge is -2.16. The highest BCUT2D eigenvalue weighted by atomic mass is 16.6. The fourth-order valence-electron chi connectivity index (χ4n) is 4.92. The number of rotatable bonds is 31. The van der Waals surface area contributed by atoms with Gasteiger partial charge in [0.15, 0.2) is 0 Å². The van der Waals surface area contributed by atoms with Crippen LogP contribution in [0.15, 0.2) is 0 Å². The van der Waals surface area contributed by atoms with Crippen molar-refractivity contribution in [3.8, 4) is 0 Å². The minimum Gasteiger partial charge on any atom is -0.457 e. The largest absolute Gasteiger partial charge is 0.457 e. The van der Waals surface area contributed by atoms with Gasteiger partial charge >= 0.3 is 5.97 Å². The maximum atomic E-state index is 12.1. The molecule has 1 N–H and O–H groups in total. The van der Waals surface area contributed by atoms with E-state index in [0.29, 0.717) is 19.6 Å². The summed E-state index contributed by atoms with van der Waals surface area (Å²) in [6, 6.07) is 0. The number of carbonyl (C=O) groups excluding carboxylic acids is 1. The molecule has 4 nitrogen and oxygen atoms in total. The van der Waals surface area contributed by atoms with Gasteiger partial charge in [0, 0.05) is 13.0 Å². The maximum absolute atomic E-state index is 12.1. The van der Waals surface area contributed by atoms with Crippen molar-refractivity contribution in [3.63, 3.8) is 0 Å². The Labute approximate surface area is 232 Å². The van der Waals surface area contributed by atoms with Gasteiger partial charge < -0.3 is 14.6 Å². The molecular formula is C33H66O4. The van der Waals surface area contributed by atoms with Gasteiger partial charge in [0.25, 0.3) is 0 Å². The summed E-state index contributed by atoms with van der Waals surface area (Å²) < 4.78 is 11.1. The Bertz CT molecular complexity index is 440. The van der Waals surface area contributed by atoms with E-state index in [2.05, 4.69) is 13.8 Å². The monoisotopic (exact) mass is 526 g/mol. The molecule has 0 saturated carbocycles. The molecule has 0 aromatic rings. The molecule has 0 radical (unpaired) electrons. The molecule has 0 rings (SSSR count). The maximum Gasteiger partial charge on any atom is 0.306 e. The Morgan fingerprint density at radius 2 is 0.892 bits per heavy atom. The number of carbonyl (C=O) groups is 1. The Morgan fingerprint density at radius 3 is 1.27 bits per heavy atom. The van der Waals surface area contributed by atoms with Crippen LogP contribution in [0.4, 0.5) is 0 Å². The van der Waals surface area contributed by atoms with E-state index in [1.54, 1.807) is 0 Å². The summed E-state index contributed by atoms with van der Waals surface area (Å²) in [6.07, 6.45) is 32.7. The number of ether oxygens (including phenoxy) is 2. The quantitative estimate of drug-likeness (QED) is 0.0721. The molecule has 222 valence electrons. The van der Waals surface area contributed by atoms with Crippen LogP contribution in [-0.4, -0.2) is 37.0 Å². The summed E-state index contributed by atoms with van der Waals surface area (Å²) in [6.45, 7) is 5.37. The molecule has 0 bridgehead atoms. The molecule has 0 spiro atoms. The number of unbranched alkanes of at least 4 members (excludes halogenated alkanes) is 23. The second kappa shape index (κ2) is 31.6.